The van der Waals surface area contributed by atoms with Crippen molar-refractivity contribution < 1.29 is 9.90 Å². The van der Waals surface area contributed by atoms with Crippen LogP contribution in [0.4, 0.5) is 0 Å². The number of aromatic nitrogens is 1. The van der Waals surface area contributed by atoms with Crippen LogP contribution in [-0.4, -0.2) is 16.1 Å². The minimum Gasteiger partial charge on any atom is -0.481 e. The molecule has 98 valence electrons. The van der Waals surface area contributed by atoms with Gasteiger partial charge in [0, 0.05) is 10.3 Å². The third kappa shape index (κ3) is 3.00. The molecule has 19 heavy (non-hydrogen) atoms. The first-order valence-corrected chi connectivity index (χ1v) is 7.30. The number of nitriles is 1. The smallest absolute Gasteiger partial charge is 0.308 e. The van der Waals surface area contributed by atoms with Crippen molar-refractivity contribution in [3.05, 3.63) is 27.4 Å². The van der Waals surface area contributed by atoms with Gasteiger partial charge in [-0.15, -0.1) is 22.7 Å². The summed E-state index contributed by atoms with van der Waals surface area (Å²) in [4.78, 5) is 16.9. The third-order valence-corrected chi connectivity index (χ3v) is 4.83. The first-order valence-electron chi connectivity index (χ1n) is 5.60. The molecular formula is C13H12N2O2S2. The Morgan fingerprint density at radius 1 is 1.53 bits per heavy atom. The van der Waals surface area contributed by atoms with E-state index in [1.807, 2.05) is 31.4 Å². The van der Waals surface area contributed by atoms with E-state index in [-0.39, 0.29) is 6.42 Å². The van der Waals surface area contributed by atoms with Crippen molar-refractivity contribution in [2.45, 2.75) is 25.7 Å². The van der Waals surface area contributed by atoms with E-state index < -0.39 is 11.4 Å². The van der Waals surface area contributed by atoms with Crippen LogP contribution >= 0.6 is 22.7 Å². The molecule has 1 N–H and O–H groups in total. The largest absolute Gasteiger partial charge is 0.481 e. The summed E-state index contributed by atoms with van der Waals surface area (Å²) in [6.45, 7) is 3.67. The molecule has 0 aromatic carbocycles. The maximum absolute atomic E-state index is 10.6. The Labute approximate surface area is 119 Å². The van der Waals surface area contributed by atoms with Crippen molar-refractivity contribution in [1.29, 1.82) is 5.26 Å². The molecule has 0 atom stereocenters. The summed E-state index contributed by atoms with van der Waals surface area (Å²) in [6, 6.07) is 5.91. The highest BCUT2D eigenvalue weighted by Gasteiger charge is 2.24. The Morgan fingerprint density at radius 2 is 2.26 bits per heavy atom. The second kappa shape index (κ2) is 5.11. The number of thiophene rings is 1. The predicted octanol–water partition coefficient (Wildman–Crippen LogP) is 3.30. The van der Waals surface area contributed by atoms with E-state index in [1.54, 1.807) is 0 Å². The summed E-state index contributed by atoms with van der Waals surface area (Å²) < 4.78 is 0. The van der Waals surface area contributed by atoms with E-state index in [1.165, 1.54) is 22.7 Å². The fourth-order valence-electron chi connectivity index (χ4n) is 1.48. The fraction of sp³-hybridized carbons (Fsp3) is 0.308. The van der Waals surface area contributed by atoms with E-state index in [9.17, 15) is 4.79 Å². The van der Waals surface area contributed by atoms with Crippen LogP contribution in [0, 0.1) is 11.3 Å². The number of rotatable bonds is 4. The lowest BCUT2D eigenvalue weighted by atomic mass is 9.97. The Kier molecular flexibility index (Phi) is 3.69. The molecule has 0 aliphatic rings. The molecule has 0 radical (unpaired) electrons. The second-order valence-corrected chi connectivity index (χ2v) is 6.64. The molecule has 0 aliphatic carbocycles. The normalized spacial score (nSPS) is 11.2. The van der Waals surface area contributed by atoms with Crippen LogP contribution in [-0.2, 0) is 16.6 Å². The number of hydrogen-bond acceptors (Lipinski definition) is 5. The zero-order valence-corrected chi connectivity index (χ0v) is 12.1. The number of carboxylic acids is 1. The quantitative estimate of drug-likeness (QED) is 0.938. The minimum absolute atomic E-state index is 0.0331. The predicted molar refractivity (Wildman–Crippen MR) is 75.4 cm³/mol. The lowest BCUT2D eigenvalue weighted by molar-refractivity contribution is -0.136. The van der Waals surface area contributed by atoms with Crippen LogP contribution in [0.3, 0.4) is 0 Å². The molecule has 0 fully saturated rings. The van der Waals surface area contributed by atoms with Crippen molar-refractivity contribution in [2.24, 2.45) is 0 Å². The fourth-order valence-corrected chi connectivity index (χ4v) is 3.41. The molecule has 0 spiro atoms. The molecule has 0 aliphatic heterocycles. The summed E-state index contributed by atoms with van der Waals surface area (Å²) in [7, 11) is 0. The van der Waals surface area contributed by atoms with E-state index in [0.717, 1.165) is 20.5 Å². The van der Waals surface area contributed by atoms with E-state index in [2.05, 4.69) is 11.1 Å². The van der Waals surface area contributed by atoms with Gasteiger partial charge in [0.05, 0.1) is 23.1 Å². The summed E-state index contributed by atoms with van der Waals surface area (Å²) in [5.74, 6) is -0.835. The summed E-state index contributed by atoms with van der Waals surface area (Å²) >= 11 is 2.88. The number of nitrogens with zero attached hydrogens (tertiary/aromatic N) is 2. The van der Waals surface area contributed by atoms with Crippen molar-refractivity contribution in [3.8, 4) is 16.6 Å². The molecule has 2 aromatic rings. The zero-order chi connectivity index (χ0) is 14.0. The summed E-state index contributed by atoms with van der Waals surface area (Å²) in [5.41, 5.74) is 0.217. The highest BCUT2D eigenvalue weighted by Crippen LogP contribution is 2.33. The first kappa shape index (κ1) is 13.7. The molecule has 2 heterocycles. The van der Waals surface area contributed by atoms with Gasteiger partial charge in [-0.05, 0) is 26.0 Å². The number of thiazole rings is 1. The lowest BCUT2D eigenvalue weighted by Gasteiger charge is -2.09. The first-order chi connectivity index (χ1) is 8.92. The molecule has 2 rings (SSSR count). The Bertz CT molecular complexity index is 650. The van der Waals surface area contributed by atoms with Gasteiger partial charge >= 0.3 is 5.97 Å². The van der Waals surface area contributed by atoms with E-state index >= 15 is 0 Å². The molecule has 0 bridgehead atoms. The molecule has 0 amide bonds. The van der Waals surface area contributed by atoms with Gasteiger partial charge in [-0.25, -0.2) is 4.98 Å². The SMILES string of the molecule is CC(C)(C#N)c1nc(-c2ccc(CC(=O)O)s2)cs1. The maximum Gasteiger partial charge on any atom is 0.308 e. The minimum atomic E-state index is -0.835. The van der Waals surface area contributed by atoms with Gasteiger partial charge in [0.15, 0.2) is 0 Å². The standard InChI is InChI=1S/C13H12N2O2S2/c1-13(2,7-14)12-15-9(6-18-12)10-4-3-8(19-10)5-11(16)17/h3-4,6H,5H2,1-2H3,(H,16,17). The van der Waals surface area contributed by atoms with Crippen molar-refractivity contribution >= 4 is 28.6 Å². The lowest BCUT2D eigenvalue weighted by Crippen LogP contribution is -2.13. The van der Waals surface area contributed by atoms with Gasteiger partial charge in [0.1, 0.15) is 10.4 Å². The Balaban J connectivity index is 2.26. The van der Waals surface area contributed by atoms with E-state index in [0.29, 0.717) is 0 Å². The average Bonchev–Trinajstić information content (AvgIpc) is 2.96. The highest BCUT2D eigenvalue weighted by molar-refractivity contribution is 7.16. The van der Waals surface area contributed by atoms with E-state index in [4.69, 9.17) is 10.4 Å². The molecule has 0 saturated heterocycles. The molecule has 4 nitrogen and oxygen atoms in total. The molecule has 0 saturated carbocycles. The molecule has 2 aromatic heterocycles. The number of hydrogen-bond donors (Lipinski definition) is 1. The van der Waals surface area contributed by atoms with Gasteiger partial charge in [0.25, 0.3) is 0 Å². The number of carboxylic acid groups (broad SMARTS) is 1. The Morgan fingerprint density at radius 3 is 2.89 bits per heavy atom. The van der Waals surface area contributed by atoms with Crippen LogP contribution in [0.1, 0.15) is 23.7 Å². The second-order valence-electron chi connectivity index (χ2n) is 4.61. The van der Waals surface area contributed by atoms with Gasteiger partial charge in [-0.2, -0.15) is 5.26 Å². The average molecular weight is 292 g/mol. The molecule has 6 heteroatoms. The summed E-state index contributed by atoms with van der Waals surface area (Å²) in [6.07, 6.45) is 0.0331. The molecular weight excluding hydrogens is 280 g/mol. The van der Waals surface area contributed by atoms with Crippen LogP contribution in [0.5, 0.6) is 0 Å². The number of aliphatic carboxylic acids is 1. The Hall–Kier alpha value is -1.71. The maximum atomic E-state index is 10.6. The zero-order valence-electron chi connectivity index (χ0n) is 10.5. The molecule has 0 unspecified atom stereocenters. The van der Waals surface area contributed by atoms with Crippen molar-refractivity contribution in [3.63, 3.8) is 0 Å². The van der Waals surface area contributed by atoms with Crippen LogP contribution in [0.25, 0.3) is 10.6 Å². The van der Waals surface area contributed by atoms with Crippen LogP contribution in [0.2, 0.25) is 0 Å². The van der Waals surface area contributed by atoms with Gasteiger partial charge in [-0.1, -0.05) is 0 Å². The third-order valence-electron chi connectivity index (χ3n) is 2.56. The van der Waals surface area contributed by atoms with Crippen LogP contribution in [0.15, 0.2) is 17.5 Å². The van der Waals surface area contributed by atoms with Gasteiger partial charge in [0.2, 0.25) is 0 Å². The number of carbonyl (C=O) groups is 1. The van der Waals surface area contributed by atoms with Gasteiger partial charge in [-0.3, -0.25) is 4.79 Å². The van der Waals surface area contributed by atoms with Crippen molar-refractivity contribution in [2.75, 3.05) is 0 Å². The van der Waals surface area contributed by atoms with Crippen molar-refractivity contribution in [1.82, 2.24) is 4.98 Å². The topological polar surface area (TPSA) is 74.0 Å². The summed E-state index contributed by atoms with van der Waals surface area (Å²) in [5, 5.41) is 20.5. The van der Waals surface area contributed by atoms with Crippen LogP contribution < -0.4 is 0 Å². The highest BCUT2D eigenvalue weighted by atomic mass is 32.1. The van der Waals surface area contributed by atoms with Gasteiger partial charge < -0.3 is 5.11 Å². The monoisotopic (exact) mass is 292 g/mol.